The van der Waals surface area contributed by atoms with Crippen LogP contribution in [0.4, 0.5) is 5.69 Å². The van der Waals surface area contributed by atoms with Crippen molar-refractivity contribution in [1.29, 1.82) is 0 Å². The van der Waals surface area contributed by atoms with Gasteiger partial charge in [-0.3, -0.25) is 4.98 Å². The Labute approximate surface area is 110 Å². The zero-order chi connectivity index (χ0) is 13.2. The molecule has 0 saturated heterocycles. The molecule has 0 spiro atoms. The van der Waals surface area contributed by atoms with Crippen LogP contribution in [0.25, 0.3) is 10.9 Å². The zero-order valence-electron chi connectivity index (χ0n) is 10.5. The topological polar surface area (TPSA) is 61.0 Å². The van der Waals surface area contributed by atoms with E-state index in [1.54, 1.807) is 12.4 Å². The van der Waals surface area contributed by atoms with E-state index >= 15 is 0 Å². The Hall–Kier alpha value is -2.62. The third-order valence-corrected chi connectivity index (χ3v) is 2.93. The molecule has 0 amide bonds. The molecule has 19 heavy (non-hydrogen) atoms. The number of hydrogen-bond acceptors (Lipinski definition) is 4. The van der Waals surface area contributed by atoms with Gasteiger partial charge in [-0.15, -0.1) is 0 Å². The van der Waals surface area contributed by atoms with Crippen molar-refractivity contribution in [2.45, 2.75) is 6.92 Å². The lowest BCUT2D eigenvalue weighted by atomic mass is 10.1. The van der Waals surface area contributed by atoms with Crippen LogP contribution in [0, 0.1) is 6.92 Å². The maximum absolute atomic E-state index is 5.94. The van der Waals surface area contributed by atoms with Gasteiger partial charge in [-0.25, -0.2) is 4.98 Å². The lowest BCUT2D eigenvalue weighted by molar-refractivity contribution is 0.463. The molecular weight excluding hydrogens is 238 g/mol. The first-order chi connectivity index (χ1) is 9.25. The van der Waals surface area contributed by atoms with E-state index in [0.717, 1.165) is 16.5 Å². The number of fused-ring (bicyclic) bond motifs is 1. The number of aryl methyl sites for hydroxylation is 1. The average Bonchev–Trinajstić information content (AvgIpc) is 2.44. The van der Waals surface area contributed by atoms with Crippen LogP contribution in [0.3, 0.4) is 0 Å². The van der Waals surface area contributed by atoms with Gasteiger partial charge >= 0.3 is 0 Å². The standard InChI is InChI=1S/C15H13N3O/c1-10-4-2-9-18-15(10)19-13-7-6-12(16)11-5-3-8-17-14(11)13/h2-9H,16H2,1H3. The van der Waals surface area contributed by atoms with Gasteiger partial charge < -0.3 is 10.5 Å². The Morgan fingerprint density at radius 1 is 1.00 bits per heavy atom. The smallest absolute Gasteiger partial charge is 0.222 e. The fourth-order valence-electron chi connectivity index (χ4n) is 1.93. The molecule has 4 nitrogen and oxygen atoms in total. The molecule has 4 heteroatoms. The van der Waals surface area contributed by atoms with Crippen LogP contribution in [0.1, 0.15) is 5.56 Å². The molecule has 0 aliphatic rings. The summed E-state index contributed by atoms with van der Waals surface area (Å²) in [6.07, 6.45) is 3.43. The van der Waals surface area contributed by atoms with Gasteiger partial charge in [0.1, 0.15) is 5.52 Å². The van der Waals surface area contributed by atoms with E-state index in [2.05, 4.69) is 9.97 Å². The van der Waals surface area contributed by atoms with Gasteiger partial charge in [0.05, 0.1) is 0 Å². The first-order valence-electron chi connectivity index (χ1n) is 5.98. The summed E-state index contributed by atoms with van der Waals surface area (Å²) in [4.78, 5) is 8.56. The van der Waals surface area contributed by atoms with E-state index in [4.69, 9.17) is 10.5 Å². The van der Waals surface area contributed by atoms with Crippen LogP contribution in [-0.4, -0.2) is 9.97 Å². The van der Waals surface area contributed by atoms with Crippen molar-refractivity contribution < 1.29 is 4.74 Å². The van der Waals surface area contributed by atoms with Gasteiger partial charge in [0.2, 0.25) is 5.88 Å². The van der Waals surface area contributed by atoms with Gasteiger partial charge in [-0.1, -0.05) is 6.07 Å². The molecule has 2 N–H and O–H groups in total. The molecule has 3 aromatic rings. The van der Waals surface area contributed by atoms with Crippen LogP contribution >= 0.6 is 0 Å². The summed E-state index contributed by atoms with van der Waals surface area (Å²) < 4.78 is 5.85. The second-order valence-electron chi connectivity index (χ2n) is 4.28. The first-order valence-corrected chi connectivity index (χ1v) is 5.98. The maximum Gasteiger partial charge on any atom is 0.222 e. The van der Waals surface area contributed by atoms with E-state index in [-0.39, 0.29) is 0 Å². The Kier molecular flexibility index (Phi) is 2.76. The lowest BCUT2D eigenvalue weighted by Gasteiger charge is -2.10. The second kappa shape index (κ2) is 4.57. The van der Waals surface area contributed by atoms with Gasteiger partial charge in [0.15, 0.2) is 5.75 Å². The summed E-state index contributed by atoms with van der Waals surface area (Å²) in [7, 11) is 0. The van der Waals surface area contributed by atoms with Crippen LogP contribution in [0.5, 0.6) is 11.6 Å². The highest BCUT2D eigenvalue weighted by molar-refractivity contribution is 5.94. The molecule has 0 unspecified atom stereocenters. The fraction of sp³-hybridized carbons (Fsp3) is 0.0667. The van der Waals surface area contributed by atoms with Gasteiger partial charge in [0, 0.05) is 29.0 Å². The number of hydrogen-bond donors (Lipinski definition) is 1. The van der Waals surface area contributed by atoms with Crippen LogP contribution in [0.15, 0.2) is 48.8 Å². The highest BCUT2D eigenvalue weighted by Crippen LogP contribution is 2.31. The molecule has 0 fully saturated rings. The minimum absolute atomic E-state index is 0.583. The average molecular weight is 251 g/mol. The molecule has 3 rings (SSSR count). The number of nitrogens with two attached hydrogens (primary N) is 1. The molecule has 0 aliphatic heterocycles. The fourth-order valence-corrected chi connectivity index (χ4v) is 1.93. The molecule has 0 aliphatic carbocycles. The third kappa shape index (κ3) is 2.08. The molecular formula is C15H13N3O. The van der Waals surface area contributed by atoms with Crippen LogP contribution in [-0.2, 0) is 0 Å². The molecule has 0 saturated carbocycles. The second-order valence-corrected chi connectivity index (χ2v) is 4.28. The Morgan fingerprint density at radius 3 is 2.63 bits per heavy atom. The van der Waals surface area contributed by atoms with Crippen molar-refractivity contribution in [3.8, 4) is 11.6 Å². The quantitative estimate of drug-likeness (QED) is 0.710. The third-order valence-electron chi connectivity index (χ3n) is 2.93. The number of rotatable bonds is 2. The van der Waals surface area contributed by atoms with Crippen molar-refractivity contribution >= 4 is 16.6 Å². The van der Waals surface area contributed by atoms with Crippen molar-refractivity contribution in [2.75, 3.05) is 5.73 Å². The van der Waals surface area contributed by atoms with Gasteiger partial charge in [-0.2, -0.15) is 0 Å². The van der Waals surface area contributed by atoms with E-state index < -0.39 is 0 Å². The molecule has 2 aromatic heterocycles. The number of benzene rings is 1. The first kappa shape index (κ1) is 11.5. The summed E-state index contributed by atoms with van der Waals surface area (Å²) in [5.74, 6) is 1.24. The zero-order valence-corrected chi connectivity index (χ0v) is 10.5. The summed E-state index contributed by atoms with van der Waals surface area (Å²) in [5, 5.41) is 0.883. The van der Waals surface area contributed by atoms with E-state index in [1.807, 2.05) is 43.3 Å². The molecule has 94 valence electrons. The predicted molar refractivity (Wildman–Crippen MR) is 75.2 cm³/mol. The van der Waals surface area contributed by atoms with Gasteiger partial charge in [0.25, 0.3) is 0 Å². The highest BCUT2D eigenvalue weighted by atomic mass is 16.5. The normalized spacial score (nSPS) is 10.6. The van der Waals surface area contributed by atoms with Crippen molar-refractivity contribution in [3.05, 3.63) is 54.4 Å². The van der Waals surface area contributed by atoms with Crippen LogP contribution in [0.2, 0.25) is 0 Å². The minimum Gasteiger partial charge on any atom is -0.436 e. The van der Waals surface area contributed by atoms with E-state index in [1.165, 1.54) is 0 Å². The largest absolute Gasteiger partial charge is 0.436 e. The Bertz CT molecular complexity index is 740. The number of anilines is 1. The summed E-state index contributed by atoms with van der Waals surface area (Å²) in [6.45, 7) is 1.95. The monoisotopic (exact) mass is 251 g/mol. The van der Waals surface area contributed by atoms with Gasteiger partial charge in [-0.05, 0) is 37.3 Å². The SMILES string of the molecule is Cc1cccnc1Oc1ccc(N)c2cccnc12. The Morgan fingerprint density at radius 2 is 1.79 bits per heavy atom. The summed E-state index contributed by atoms with van der Waals surface area (Å²) >= 11 is 0. The molecule has 1 aromatic carbocycles. The number of nitrogen functional groups attached to an aromatic ring is 1. The number of ether oxygens (including phenoxy) is 1. The molecule has 0 radical (unpaired) electrons. The number of nitrogens with zero attached hydrogens (tertiary/aromatic N) is 2. The summed E-state index contributed by atoms with van der Waals surface area (Å²) in [6, 6.07) is 11.2. The molecule has 0 atom stereocenters. The van der Waals surface area contributed by atoms with Crippen LogP contribution < -0.4 is 10.5 Å². The van der Waals surface area contributed by atoms with E-state index in [9.17, 15) is 0 Å². The maximum atomic E-state index is 5.94. The minimum atomic E-state index is 0.583. The Balaban J connectivity index is 2.12. The van der Waals surface area contributed by atoms with Crippen molar-refractivity contribution in [2.24, 2.45) is 0 Å². The highest BCUT2D eigenvalue weighted by Gasteiger charge is 2.08. The predicted octanol–water partition coefficient (Wildman–Crippen LogP) is 3.31. The lowest BCUT2D eigenvalue weighted by Crippen LogP contribution is -1.94. The number of aromatic nitrogens is 2. The van der Waals surface area contributed by atoms with Crippen molar-refractivity contribution in [1.82, 2.24) is 9.97 Å². The van der Waals surface area contributed by atoms with Crippen molar-refractivity contribution in [3.63, 3.8) is 0 Å². The molecule has 0 bridgehead atoms. The summed E-state index contributed by atoms with van der Waals surface area (Å²) in [5.41, 5.74) is 8.34. The van der Waals surface area contributed by atoms with E-state index in [0.29, 0.717) is 17.3 Å². The molecule has 2 heterocycles. The number of pyridine rings is 2.